The van der Waals surface area contributed by atoms with E-state index < -0.39 is 27.8 Å². The van der Waals surface area contributed by atoms with Gasteiger partial charge in [0.25, 0.3) is 0 Å². The molecular weight excluding hydrogens is 325 g/mol. The van der Waals surface area contributed by atoms with Crippen LogP contribution in [0.3, 0.4) is 0 Å². The molecule has 20 heavy (non-hydrogen) atoms. The average molecular weight is 340 g/mol. The Hall–Kier alpha value is -0.820. The summed E-state index contributed by atoms with van der Waals surface area (Å²) < 4.78 is 26.2. The van der Waals surface area contributed by atoms with Gasteiger partial charge in [-0.25, -0.2) is 13.1 Å². The summed E-state index contributed by atoms with van der Waals surface area (Å²) >= 11 is 11.8. The largest absolute Gasteiger partial charge is 0.480 e. The van der Waals surface area contributed by atoms with Crippen LogP contribution in [0, 0.1) is 5.92 Å². The number of benzene rings is 1. The van der Waals surface area contributed by atoms with E-state index in [9.17, 15) is 13.2 Å². The van der Waals surface area contributed by atoms with Crippen LogP contribution in [0.25, 0.3) is 0 Å². The lowest BCUT2D eigenvalue weighted by atomic mass is 10.1. The lowest BCUT2D eigenvalue weighted by Gasteiger charge is -2.18. The van der Waals surface area contributed by atoms with Crippen molar-refractivity contribution in [1.82, 2.24) is 4.72 Å². The van der Waals surface area contributed by atoms with Crippen LogP contribution in [0.5, 0.6) is 0 Å². The fourth-order valence-electron chi connectivity index (χ4n) is 1.57. The molecule has 0 amide bonds. The Bertz CT molecular complexity index is 581. The fraction of sp³-hybridized carbons (Fsp3) is 0.417. The van der Waals surface area contributed by atoms with Crippen LogP contribution in [0.1, 0.15) is 19.4 Å². The van der Waals surface area contributed by atoms with E-state index >= 15 is 0 Å². The molecule has 0 radical (unpaired) electrons. The summed E-state index contributed by atoms with van der Waals surface area (Å²) in [5, 5.41) is 9.45. The highest BCUT2D eigenvalue weighted by molar-refractivity contribution is 7.88. The van der Waals surface area contributed by atoms with Gasteiger partial charge in [-0.1, -0.05) is 43.1 Å². The molecule has 0 aromatic heterocycles. The van der Waals surface area contributed by atoms with Crippen LogP contribution in [0.2, 0.25) is 10.0 Å². The van der Waals surface area contributed by atoms with Crippen molar-refractivity contribution in [3.05, 3.63) is 33.8 Å². The number of carboxylic acids is 1. The monoisotopic (exact) mass is 339 g/mol. The van der Waals surface area contributed by atoms with Crippen LogP contribution in [0.4, 0.5) is 0 Å². The SMILES string of the molecule is CC(C)C(NS(=O)(=O)Cc1c(Cl)cccc1Cl)C(=O)O. The maximum Gasteiger partial charge on any atom is 0.321 e. The van der Waals surface area contributed by atoms with Crippen LogP contribution >= 0.6 is 23.2 Å². The summed E-state index contributed by atoms with van der Waals surface area (Å²) in [7, 11) is -3.87. The van der Waals surface area contributed by atoms with Gasteiger partial charge in [-0.05, 0) is 18.1 Å². The van der Waals surface area contributed by atoms with Crippen molar-refractivity contribution in [1.29, 1.82) is 0 Å². The van der Waals surface area contributed by atoms with Gasteiger partial charge in [0.05, 0.1) is 5.75 Å². The highest BCUT2D eigenvalue weighted by atomic mass is 35.5. The number of hydrogen-bond acceptors (Lipinski definition) is 3. The van der Waals surface area contributed by atoms with Crippen molar-refractivity contribution in [3.63, 3.8) is 0 Å². The van der Waals surface area contributed by atoms with Crippen molar-refractivity contribution in [2.75, 3.05) is 0 Å². The molecule has 0 aliphatic carbocycles. The molecular formula is C12H15Cl2NO4S. The lowest BCUT2D eigenvalue weighted by Crippen LogP contribution is -2.44. The molecule has 8 heteroatoms. The molecule has 0 fully saturated rings. The second-order valence-electron chi connectivity index (χ2n) is 4.64. The Kier molecular flexibility index (Phi) is 5.82. The zero-order valence-electron chi connectivity index (χ0n) is 10.9. The number of aliphatic carboxylic acids is 1. The Labute approximate surface area is 127 Å². The molecule has 0 heterocycles. The first-order chi connectivity index (χ1) is 9.14. The molecule has 0 aliphatic rings. The Morgan fingerprint density at radius 3 is 2.20 bits per heavy atom. The maximum absolute atomic E-state index is 12.0. The van der Waals surface area contributed by atoms with E-state index in [1.54, 1.807) is 19.9 Å². The minimum absolute atomic E-state index is 0.222. The van der Waals surface area contributed by atoms with E-state index in [1.807, 2.05) is 0 Å². The third-order valence-corrected chi connectivity index (χ3v) is 4.63. The normalized spacial score (nSPS) is 13.4. The molecule has 0 aliphatic heterocycles. The number of carboxylic acid groups (broad SMARTS) is 1. The molecule has 0 saturated heterocycles. The predicted molar refractivity (Wildman–Crippen MR) is 78.5 cm³/mol. The Balaban J connectivity index is 2.98. The number of hydrogen-bond donors (Lipinski definition) is 2. The Morgan fingerprint density at radius 2 is 1.80 bits per heavy atom. The van der Waals surface area contributed by atoms with E-state index in [-0.39, 0.29) is 21.5 Å². The molecule has 1 rings (SSSR count). The van der Waals surface area contributed by atoms with E-state index in [2.05, 4.69) is 4.72 Å². The first kappa shape index (κ1) is 17.2. The van der Waals surface area contributed by atoms with E-state index in [0.717, 1.165) is 0 Å². The molecule has 0 saturated carbocycles. The van der Waals surface area contributed by atoms with Crippen molar-refractivity contribution >= 4 is 39.2 Å². The highest BCUT2D eigenvalue weighted by Crippen LogP contribution is 2.26. The van der Waals surface area contributed by atoms with Gasteiger partial charge in [0.2, 0.25) is 10.0 Å². The third-order valence-electron chi connectivity index (χ3n) is 2.64. The quantitative estimate of drug-likeness (QED) is 0.834. The molecule has 1 unspecified atom stereocenters. The third kappa shape index (κ3) is 4.63. The number of carbonyl (C=O) groups is 1. The zero-order chi connectivity index (χ0) is 15.5. The van der Waals surface area contributed by atoms with Crippen LogP contribution < -0.4 is 4.72 Å². The first-order valence-corrected chi connectivity index (χ1v) is 8.20. The van der Waals surface area contributed by atoms with Crippen molar-refractivity contribution in [2.45, 2.75) is 25.6 Å². The van der Waals surface area contributed by atoms with Gasteiger partial charge in [-0.3, -0.25) is 4.79 Å². The van der Waals surface area contributed by atoms with Crippen LogP contribution in [-0.4, -0.2) is 25.5 Å². The first-order valence-electron chi connectivity index (χ1n) is 5.79. The molecule has 0 bridgehead atoms. The molecule has 112 valence electrons. The number of rotatable bonds is 6. The molecule has 1 aromatic rings. The minimum Gasteiger partial charge on any atom is -0.480 e. The zero-order valence-corrected chi connectivity index (χ0v) is 13.3. The van der Waals surface area contributed by atoms with E-state index in [4.69, 9.17) is 28.3 Å². The molecule has 1 atom stereocenters. The summed E-state index contributed by atoms with van der Waals surface area (Å²) in [6.45, 7) is 3.23. The summed E-state index contributed by atoms with van der Waals surface area (Å²) in [5.74, 6) is -2.08. The van der Waals surface area contributed by atoms with Crippen molar-refractivity contribution in [2.24, 2.45) is 5.92 Å². The summed E-state index contributed by atoms with van der Waals surface area (Å²) in [5.41, 5.74) is 0.247. The highest BCUT2D eigenvalue weighted by Gasteiger charge is 2.27. The molecule has 2 N–H and O–H groups in total. The maximum atomic E-state index is 12.0. The van der Waals surface area contributed by atoms with Gasteiger partial charge in [-0.2, -0.15) is 0 Å². The summed E-state index contributed by atoms with van der Waals surface area (Å²) in [6.07, 6.45) is 0. The van der Waals surface area contributed by atoms with E-state index in [1.165, 1.54) is 12.1 Å². The van der Waals surface area contributed by atoms with E-state index in [0.29, 0.717) is 0 Å². The van der Waals surface area contributed by atoms with Gasteiger partial charge in [0, 0.05) is 15.6 Å². The van der Waals surface area contributed by atoms with Gasteiger partial charge in [0.1, 0.15) is 6.04 Å². The van der Waals surface area contributed by atoms with Gasteiger partial charge in [-0.15, -0.1) is 0 Å². The number of halogens is 2. The lowest BCUT2D eigenvalue weighted by molar-refractivity contribution is -0.140. The van der Waals surface area contributed by atoms with Gasteiger partial charge >= 0.3 is 5.97 Å². The van der Waals surface area contributed by atoms with Crippen LogP contribution in [0.15, 0.2) is 18.2 Å². The fourth-order valence-corrected chi connectivity index (χ4v) is 3.79. The van der Waals surface area contributed by atoms with Gasteiger partial charge in [0.15, 0.2) is 0 Å². The molecule has 5 nitrogen and oxygen atoms in total. The standard InChI is InChI=1S/C12H15Cl2NO4S/c1-7(2)11(12(16)17)15-20(18,19)6-8-9(13)4-3-5-10(8)14/h3-5,7,11,15H,6H2,1-2H3,(H,16,17). The smallest absolute Gasteiger partial charge is 0.321 e. The summed E-state index contributed by atoms with van der Waals surface area (Å²) in [4.78, 5) is 11.0. The number of nitrogens with one attached hydrogen (secondary N) is 1. The van der Waals surface area contributed by atoms with Crippen LogP contribution in [-0.2, 0) is 20.6 Å². The minimum atomic E-state index is -3.87. The summed E-state index contributed by atoms with van der Waals surface area (Å²) in [6, 6.07) is 3.45. The van der Waals surface area contributed by atoms with Crippen molar-refractivity contribution in [3.8, 4) is 0 Å². The molecule has 0 spiro atoms. The molecule has 1 aromatic carbocycles. The van der Waals surface area contributed by atoms with Crippen molar-refractivity contribution < 1.29 is 18.3 Å². The topological polar surface area (TPSA) is 83.5 Å². The second-order valence-corrected chi connectivity index (χ2v) is 7.21. The Morgan fingerprint density at radius 1 is 1.30 bits per heavy atom. The van der Waals surface area contributed by atoms with Gasteiger partial charge < -0.3 is 5.11 Å². The number of sulfonamides is 1. The average Bonchev–Trinajstić information content (AvgIpc) is 2.30. The predicted octanol–water partition coefficient (Wildman–Crippen LogP) is 2.52. The second kappa shape index (κ2) is 6.76.